The molecule has 0 radical (unpaired) electrons. The molecule has 0 aromatic heterocycles. The Hall–Kier alpha value is -2.40. The summed E-state index contributed by atoms with van der Waals surface area (Å²) in [6.45, 7) is 3.53. The first-order chi connectivity index (χ1) is 11.4. The first-order valence-corrected chi connectivity index (χ1v) is 7.95. The van der Waals surface area contributed by atoms with Crippen molar-refractivity contribution in [2.45, 2.75) is 31.4 Å². The largest absolute Gasteiger partial charge is 0.485 e. The van der Waals surface area contributed by atoms with Gasteiger partial charge in [-0.1, -0.05) is 24.3 Å². The Morgan fingerprint density at radius 2 is 2.00 bits per heavy atom. The number of nitrogens with zero attached hydrogens (tertiary/aromatic N) is 1. The first kappa shape index (κ1) is 15.1. The number of hydrogen-bond donors (Lipinski definition) is 1. The van der Waals surface area contributed by atoms with Gasteiger partial charge in [0, 0.05) is 17.3 Å². The number of carbonyl (C=O) groups is 1. The molecule has 24 heavy (non-hydrogen) atoms. The molecule has 0 fully saturated rings. The smallest absolute Gasteiger partial charge is 0.237 e. The van der Waals surface area contributed by atoms with E-state index in [1.807, 2.05) is 38.1 Å². The van der Waals surface area contributed by atoms with Crippen molar-refractivity contribution in [1.82, 2.24) is 0 Å². The van der Waals surface area contributed by atoms with Gasteiger partial charge in [-0.2, -0.15) is 0 Å². The number of ether oxygens (including phenoxy) is 1. The second-order valence-electron chi connectivity index (χ2n) is 6.78. The minimum absolute atomic E-state index is 0.0482. The molecule has 124 valence electrons. The Morgan fingerprint density at radius 1 is 1.25 bits per heavy atom. The van der Waals surface area contributed by atoms with Crippen LogP contribution in [0.15, 0.2) is 42.5 Å². The Balaban J connectivity index is 1.88. The molecule has 1 N–H and O–H groups in total. The van der Waals surface area contributed by atoms with E-state index in [0.29, 0.717) is 5.75 Å². The second kappa shape index (κ2) is 5.05. The van der Waals surface area contributed by atoms with Gasteiger partial charge < -0.3 is 9.84 Å². The van der Waals surface area contributed by atoms with Crippen LogP contribution in [-0.2, 0) is 10.2 Å². The zero-order valence-electron chi connectivity index (χ0n) is 13.5. The topological polar surface area (TPSA) is 49.8 Å². The molecule has 2 aliphatic heterocycles. The lowest BCUT2D eigenvalue weighted by Crippen LogP contribution is -2.43. The van der Waals surface area contributed by atoms with Crippen LogP contribution in [0.3, 0.4) is 0 Å². The molecular formula is C19H18FNO3. The lowest BCUT2D eigenvalue weighted by atomic mass is 9.86. The van der Waals surface area contributed by atoms with Gasteiger partial charge in [-0.15, -0.1) is 0 Å². The van der Waals surface area contributed by atoms with Gasteiger partial charge in [-0.05, 0) is 31.5 Å². The van der Waals surface area contributed by atoms with Gasteiger partial charge in [0.2, 0.25) is 5.91 Å². The number of amides is 1. The third-order valence-corrected chi connectivity index (χ3v) is 4.97. The van der Waals surface area contributed by atoms with Gasteiger partial charge in [-0.3, -0.25) is 9.69 Å². The van der Waals surface area contributed by atoms with Crippen molar-refractivity contribution in [3.8, 4) is 5.75 Å². The number of carbonyl (C=O) groups excluding carboxylic acids is 1. The van der Waals surface area contributed by atoms with Gasteiger partial charge in [0.05, 0.1) is 12.0 Å². The number of aliphatic hydroxyl groups excluding tert-OH is 1. The molecule has 0 spiro atoms. The Kier molecular flexibility index (Phi) is 3.18. The van der Waals surface area contributed by atoms with Crippen LogP contribution in [0, 0.1) is 5.82 Å². The zero-order valence-corrected chi connectivity index (χ0v) is 13.5. The molecule has 2 aliphatic rings. The van der Waals surface area contributed by atoms with Crippen molar-refractivity contribution in [2.75, 3.05) is 11.5 Å². The summed E-state index contributed by atoms with van der Waals surface area (Å²) >= 11 is 0. The average Bonchev–Trinajstić information content (AvgIpc) is 3.01. The van der Waals surface area contributed by atoms with Gasteiger partial charge in [0.15, 0.2) is 0 Å². The standard InChI is InChI=1S/C19H18FNO3/c1-19(2)13-5-3-4-6-14(13)21(18(19)23)17-12-8-7-11(20)9-15(12)24-16(17)10-22/h3-9,16-17,22H,10H2,1-2H3. The van der Waals surface area contributed by atoms with Crippen molar-refractivity contribution < 1.29 is 19.0 Å². The number of fused-ring (bicyclic) bond motifs is 2. The Bertz CT molecular complexity index is 833. The first-order valence-electron chi connectivity index (χ1n) is 7.95. The summed E-state index contributed by atoms with van der Waals surface area (Å²) in [5, 5.41) is 9.75. The second-order valence-corrected chi connectivity index (χ2v) is 6.78. The molecular weight excluding hydrogens is 309 g/mol. The molecule has 5 heteroatoms. The fraction of sp³-hybridized carbons (Fsp3) is 0.316. The summed E-state index contributed by atoms with van der Waals surface area (Å²) in [6, 6.07) is 11.5. The number of rotatable bonds is 2. The molecule has 2 unspecified atom stereocenters. The van der Waals surface area contributed by atoms with E-state index < -0.39 is 23.4 Å². The number of anilines is 1. The SMILES string of the molecule is CC1(C)C(=O)N(C2c3ccc(F)cc3OC2CO)c2ccccc21. The summed E-state index contributed by atoms with van der Waals surface area (Å²) in [5.41, 5.74) is 1.83. The summed E-state index contributed by atoms with van der Waals surface area (Å²) in [7, 11) is 0. The van der Waals surface area contributed by atoms with E-state index in [0.717, 1.165) is 16.8 Å². The maximum absolute atomic E-state index is 13.5. The maximum Gasteiger partial charge on any atom is 0.237 e. The van der Waals surface area contributed by atoms with Crippen LogP contribution in [-0.4, -0.2) is 23.7 Å². The fourth-order valence-corrected chi connectivity index (χ4v) is 3.74. The van der Waals surface area contributed by atoms with Gasteiger partial charge >= 0.3 is 0 Å². The molecule has 0 aliphatic carbocycles. The number of halogens is 1. The van der Waals surface area contributed by atoms with Crippen LogP contribution >= 0.6 is 0 Å². The van der Waals surface area contributed by atoms with E-state index in [1.54, 1.807) is 11.0 Å². The highest BCUT2D eigenvalue weighted by Crippen LogP contribution is 2.50. The van der Waals surface area contributed by atoms with Crippen LogP contribution in [0.1, 0.15) is 31.0 Å². The maximum atomic E-state index is 13.5. The lowest BCUT2D eigenvalue weighted by Gasteiger charge is -2.29. The summed E-state index contributed by atoms with van der Waals surface area (Å²) in [4.78, 5) is 14.8. The Labute approximate surface area is 139 Å². The highest BCUT2D eigenvalue weighted by molar-refractivity contribution is 6.08. The van der Waals surface area contributed by atoms with E-state index in [-0.39, 0.29) is 12.5 Å². The minimum Gasteiger partial charge on any atom is -0.485 e. The van der Waals surface area contributed by atoms with Gasteiger partial charge in [0.1, 0.15) is 23.7 Å². The molecule has 4 rings (SSSR count). The predicted octanol–water partition coefficient (Wildman–Crippen LogP) is 2.94. The molecule has 2 heterocycles. The molecule has 0 saturated carbocycles. The van der Waals surface area contributed by atoms with E-state index in [9.17, 15) is 14.3 Å². The molecule has 2 atom stereocenters. The molecule has 0 saturated heterocycles. The van der Waals surface area contributed by atoms with E-state index >= 15 is 0 Å². The summed E-state index contributed by atoms with van der Waals surface area (Å²) < 4.78 is 19.2. The number of hydrogen-bond acceptors (Lipinski definition) is 3. The van der Waals surface area contributed by atoms with Crippen LogP contribution < -0.4 is 9.64 Å². The van der Waals surface area contributed by atoms with E-state index in [1.165, 1.54) is 12.1 Å². The molecule has 2 aromatic rings. The van der Waals surface area contributed by atoms with Gasteiger partial charge in [0.25, 0.3) is 0 Å². The average molecular weight is 327 g/mol. The third-order valence-electron chi connectivity index (χ3n) is 4.97. The van der Waals surface area contributed by atoms with Crippen molar-refractivity contribution >= 4 is 11.6 Å². The normalized spacial score (nSPS) is 23.8. The Morgan fingerprint density at radius 3 is 2.75 bits per heavy atom. The van der Waals surface area contributed by atoms with Crippen LogP contribution in [0.2, 0.25) is 0 Å². The highest BCUT2D eigenvalue weighted by Gasteiger charge is 2.51. The molecule has 2 aromatic carbocycles. The molecule has 4 nitrogen and oxygen atoms in total. The highest BCUT2D eigenvalue weighted by atomic mass is 19.1. The predicted molar refractivity (Wildman–Crippen MR) is 87.6 cm³/mol. The van der Waals surface area contributed by atoms with Crippen molar-refractivity contribution in [1.29, 1.82) is 0 Å². The van der Waals surface area contributed by atoms with Crippen molar-refractivity contribution in [3.05, 3.63) is 59.4 Å². The molecule has 0 bridgehead atoms. The monoisotopic (exact) mass is 327 g/mol. The number of benzene rings is 2. The minimum atomic E-state index is -0.653. The summed E-state index contributed by atoms with van der Waals surface area (Å²) in [6.07, 6.45) is -0.618. The number of para-hydroxylation sites is 1. The van der Waals surface area contributed by atoms with Crippen molar-refractivity contribution in [2.24, 2.45) is 0 Å². The molecule has 1 amide bonds. The summed E-state index contributed by atoms with van der Waals surface area (Å²) in [5.74, 6) is -0.0680. The zero-order chi connectivity index (χ0) is 17.1. The lowest BCUT2D eigenvalue weighted by molar-refractivity contribution is -0.123. The van der Waals surface area contributed by atoms with Crippen molar-refractivity contribution in [3.63, 3.8) is 0 Å². The quantitative estimate of drug-likeness (QED) is 0.923. The fourth-order valence-electron chi connectivity index (χ4n) is 3.74. The van der Waals surface area contributed by atoms with Gasteiger partial charge in [-0.25, -0.2) is 4.39 Å². The third kappa shape index (κ3) is 1.91. The van der Waals surface area contributed by atoms with E-state index in [4.69, 9.17) is 4.74 Å². The van der Waals surface area contributed by atoms with Crippen LogP contribution in [0.4, 0.5) is 10.1 Å². The van der Waals surface area contributed by atoms with Crippen LogP contribution in [0.5, 0.6) is 5.75 Å². The number of aliphatic hydroxyl groups is 1. The van der Waals surface area contributed by atoms with E-state index in [2.05, 4.69) is 0 Å². The van der Waals surface area contributed by atoms with Crippen LogP contribution in [0.25, 0.3) is 0 Å².